The number of primary amides is 1. The second-order valence-corrected chi connectivity index (χ2v) is 14.7. The topological polar surface area (TPSA) is 281 Å². The molecule has 0 aliphatic carbocycles. The number of carbonyl (C=O) groups excluding carboxylic acids is 6. The first kappa shape index (κ1) is 45.5. The van der Waals surface area contributed by atoms with Crippen LogP contribution in [-0.4, -0.2) is 92.7 Å². The molecule has 17 heteroatoms. The molecule has 0 aromatic carbocycles. The second kappa shape index (κ2) is 22.4. The first-order valence-electron chi connectivity index (χ1n) is 18.0. The fourth-order valence-electron chi connectivity index (χ4n) is 5.43. The number of aliphatic carboxylic acids is 1. The average Bonchev–Trinajstić information content (AvgIpc) is 3.56. The van der Waals surface area contributed by atoms with Gasteiger partial charge in [-0.15, -0.1) is 0 Å². The van der Waals surface area contributed by atoms with E-state index in [1.54, 1.807) is 6.92 Å². The number of H-pyrrole nitrogens is 1. The van der Waals surface area contributed by atoms with Crippen LogP contribution in [0.5, 0.6) is 0 Å². The third-order valence-electron chi connectivity index (χ3n) is 8.44. The summed E-state index contributed by atoms with van der Waals surface area (Å²) >= 11 is 0. The second-order valence-electron chi connectivity index (χ2n) is 14.7. The van der Waals surface area contributed by atoms with Crippen LogP contribution in [0.1, 0.15) is 99.6 Å². The van der Waals surface area contributed by atoms with E-state index in [9.17, 15) is 38.7 Å². The summed E-state index contributed by atoms with van der Waals surface area (Å²) in [6, 6.07) is -6.88. The number of carbonyl (C=O) groups is 7. The fraction of sp³-hybridized carbons (Fsp3) is 0.714. The van der Waals surface area contributed by atoms with Gasteiger partial charge in [-0.25, -0.2) is 9.78 Å². The zero-order valence-electron chi connectivity index (χ0n) is 31.8. The molecule has 7 atom stereocenters. The summed E-state index contributed by atoms with van der Waals surface area (Å²) in [6.07, 6.45) is 3.56. The Morgan fingerprint density at radius 2 is 1.21 bits per heavy atom. The molecule has 17 nitrogen and oxygen atoms in total. The fourth-order valence-corrected chi connectivity index (χ4v) is 5.43. The van der Waals surface area contributed by atoms with E-state index in [-0.39, 0.29) is 49.9 Å². The number of imidazole rings is 1. The number of nitrogens with two attached hydrogens (primary N) is 2. The lowest BCUT2D eigenvalue weighted by Crippen LogP contribution is -2.61. The van der Waals surface area contributed by atoms with Crippen LogP contribution in [0.3, 0.4) is 0 Å². The average molecular weight is 736 g/mol. The highest BCUT2D eigenvalue weighted by Crippen LogP contribution is 2.14. The van der Waals surface area contributed by atoms with Gasteiger partial charge in [0.25, 0.3) is 0 Å². The zero-order chi connectivity index (χ0) is 39.7. The van der Waals surface area contributed by atoms with Crippen LogP contribution < -0.4 is 38.1 Å². The monoisotopic (exact) mass is 735 g/mol. The predicted octanol–water partition coefficient (Wildman–Crippen LogP) is 0.238. The van der Waals surface area contributed by atoms with Crippen molar-refractivity contribution in [2.45, 2.75) is 137 Å². The van der Waals surface area contributed by atoms with Crippen molar-refractivity contribution in [1.82, 2.24) is 36.6 Å². The van der Waals surface area contributed by atoms with Gasteiger partial charge in [0.1, 0.15) is 30.2 Å². The zero-order valence-corrected chi connectivity index (χ0v) is 31.8. The molecule has 52 heavy (non-hydrogen) atoms. The van der Waals surface area contributed by atoms with Crippen LogP contribution >= 0.6 is 0 Å². The molecule has 11 N–H and O–H groups in total. The third-order valence-corrected chi connectivity index (χ3v) is 8.44. The maximum atomic E-state index is 13.9. The minimum absolute atomic E-state index is 0.0168. The van der Waals surface area contributed by atoms with Crippen LogP contribution in [0.2, 0.25) is 0 Å². The SMILES string of the molecule is CC[C@H](C)[C@H](NC(=O)[C@H](Cc1cnc[nH]1)NC(=O)[C@H](CCC(N)=O)NC(=O)[C@@H](N)CC(C)C)C(=O)N[C@@H](CC(C)C)C(=O)N[C@@H](CC(C)C)C(=O)O. The Bertz CT molecular complexity index is 1340. The van der Waals surface area contributed by atoms with Crippen molar-refractivity contribution < 1.29 is 38.7 Å². The summed E-state index contributed by atoms with van der Waals surface area (Å²) in [5.41, 5.74) is 11.8. The maximum absolute atomic E-state index is 13.9. The Kier molecular flexibility index (Phi) is 19.6. The van der Waals surface area contributed by atoms with E-state index in [0.717, 1.165) is 0 Å². The van der Waals surface area contributed by atoms with Crippen LogP contribution in [-0.2, 0) is 40.0 Å². The van der Waals surface area contributed by atoms with E-state index < -0.39 is 83.6 Å². The van der Waals surface area contributed by atoms with Gasteiger partial charge in [-0.05, 0) is 49.4 Å². The number of carboxylic acid groups (broad SMARTS) is 1. The van der Waals surface area contributed by atoms with Gasteiger partial charge in [-0.1, -0.05) is 61.8 Å². The Morgan fingerprint density at radius 1 is 0.712 bits per heavy atom. The van der Waals surface area contributed by atoms with Crippen molar-refractivity contribution in [3.05, 3.63) is 18.2 Å². The van der Waals surface area contributed by atoms with Gasteiger partial charge in [0.05, 0.1) is 12.4 Å². The summed E-state index contributed by atoms with van der Waals surface area (Å²) in [4.78, 5) is 97.9. The standard InChI is InChI=1S/C35H61N9O8/c1-9-21(8)29(34(50)42-25(13-19(4)5)32(48)43-27(35(51)52)14-20(6)7)44-33(49)26(15-22-16-38-17-39-22)41-31(47)24(10-11-28(37)45)40-30(46)23(36)12-18(2)3/h16-21,23-27,29H,9-15,36H2,1-8H3,(H2,37,45)(H,38,39)(H,40,46)(H,41,47)(H,42,50)(H,43,48)(H,44,49)(H,51,52)/t21-,23-,24-,25-,26-,27-,29-/m0/s1. The van der Waals surface area contributed by atoms with Crippen molar-refractivity contribution in [2.24, 2.45) is 35.1 Å². The van der Waals surface area contributed by atoms with E-state index in [1.807, 2.05) is 48.5 Å². The number of aromatic nitrogens is 2. The molecule has 0 radical (unpaired) electrons. The number of rotatable bonds is 24. The summed E-state index contributed by atoms with van der Waals surface area (Å²) in [5, 5.41) is 22.9. The van der Waals surface area contributed by atoms with E-state index >= 15 is 0 Å². The number of hydrogen-bond donors (Lipinski definition) is 9. The van der Waals surface area contributed by atoms with Crippen molar-refractivity contribution in [3.63, 3.8) is 0 Å². The molecule has 0 bridgehead atoms. The van der Waals surface area contributed by atoms with Gasteiger partial charge < -0.3 is 48.1 Å². The van der Waals surface area contributed by atoms with Gasteiger partial charge in [0.2, 0.25) is 35.4 Å². The van der Waals surface area contributed by atoms with Crippen LogP contribution in [0.4, 0.5) is 0 Å². The van der Waals surface area contributed by atoms with Crippen LogP contribution in [0.25, 0.3) is 0 Å². The molecule has 0 saturated carbocycles. The summed E-state index contributed by atoms with van der Waals surface area (Å²) in [5.74, 6) is -5.77. The highest BCUT2D eigenvalue weighted by molar-refractivity contribution is 5.96. The van der Waals surface area contributed by atoms with Crippen molar-refractivity contribution in [2.75, 3.05) is 0 Å². The highest BCUT2D eigenvalue weighted by atomic mass is 16.4. The predicted molar refractivity (Wildman–Crippen MR) is 194 cm³/mol. The molecule has 1 aromatic heterocycles. The number of carboxylic acids is 1. The molecular formula is C35H61N9O8. The lowest BCUT2D eigenvalue weighted by Gasteiger charge is -2.30. The van der Waals surface area contributed by atoms with Crippen LogP contribution in [0.15, 0.2) is 12.5 Å². The molecule has 0 aliphatic heterocycles. The summed E-state index contributed by atoms with van der Waals surface area (Å²) < 4.78 is 0. The van der Waals surface area contributed by atoms with Gasteiger partial charge in [-0.2, -0.15) is 0 Å². The lowest BCUT2D eigenvalue weighted by atomic mass is 9.96. The van der Waals surface area contributed by atoms with Gasteiger partial charge in [0, 0.05) is 24.7 Å². The maximum Gasteiger partial charge on any atom is 0.326 e. The Balaban J connectivity index is 3.35. The van der Waals surface area contributed by atoms with E-state index in [0.29, 0.717) is 18.5 Å². The Morgan fingerprint density at radius 3 is 1.71 bits per heavy atom. The van der Waals surface area contributed by atoms with Crippen molar-refractivity contribution in [3.8, 4) is 0 Å². The number of hydrogen-bond acceptors (Lipinski definition) is 9. The van der Waals surface area contributed by atoms with Gasteiger partial charge in [0.15, 0.2) is 0 Å². The number of aromatic amines is 1. The largest absolute Gasteiger partial charge is 0.480 e. The molecule has 1 heterocycles. The van der Waals surface area contributed by atoms with E-state index in [2.05, 4.69) is 36.6 Å². The quantitative estimate of drug-likeness (QED) is 0.0697. The minimum atomic E-state index is -1.29. The van der Waals surface area contributed by atoms with Crippen molar-refractivity contribution >= 4 is 41.4 Å². The van der Waals surface area contributed by atoms with Gasteiger partial charge >= 0.3 is 5.97 Å². The van der Waals surface area contributed by atoms with Crippen LogP contribution in [0, 0.1) is 23.7 Å². The molecule has 0 aliphatic rings. The Hall–Kier alpha value is -4.54. The highest BCUT2D eigenvalue weighted by Gasteiger charge is 2.35. The van der Waals surface area contributed by atoms with Gasteiger partial charge in [-0.3, -0.25) is 28.8 Å². The summed E-state index contributed by atoms with van der Waals surface area (Å²) in [6.45, 7) is 14.7. The molecule has 0 saturated heterocycles. The molecule has 6 amide bonds. The molecule has 0 fully saturated rings. The lowest BCUT2D eigenvalue weighted by molar-refractivity contribution is -0.143. The number of nitrogens with zero attached hydrogens (tertiary/aromatic N) is 1. The van der Waals surface area contributed by atoms with E-state index in [4.69, 9.17) is 11.5 Å². The first-order valence-corrected chi connectivity index (χ1v) is 18.0. The smallest absolute Gasteiger partial charge is 0.326 e. The minimum Gasteiger partial charge on any atom is -0.480 e. The van der Waals surface area contributed by atoms with E-state index in [1.165, 1.54) is 12.5 Å². The molecular weight excluding hydrogens is 674 g/mol. The van der Waals surface area contributed by atoms with Crippen molar-refractivity contribution in [1.29, 1.82) is 0 Å². The first-order chi connectivity index (χ1) is 24.2. The molecule has 1 aromatic rings. The Labute approximate surface area is 306 Å². The molecule has 294 valence electrons. The molecule has 0 spiro atoms. The number of nitrogens with one attached hydrogen (secondary N) is 6. The number of amides is 6. The molecule has 0 unspecified atom stereocenters. The summed E-state index contributed by atoms with van der Waals surface area (Å²) in [7, 11) is 0. The third kappa shape index (κ3) is 16.7. The molecule has 1 rings (SSSR count). The normalized spacial score (nSPS) is 15.5.